The molecule has 2 heteroatoms. The van der Waals surface area contributed by atoms with E-state index in [-0.39, 0.29) is 0 Å². The lowest BCUT2D eigenvalue weighted by molar-refractivity contribution is 0.421. The maximum atomic E-state index is 4.27. The van der Waals surface area contributed by atoms with Crippen molar-refractivity contribution >= 4 is 23.5 Å². The van der Waals surface area contributed by atoms with Crippen LogP contribution in [0.4, 0.5) is 0 Å². The Morgan fingerprint density at radius 3 is 2.67 bits per heavy atom. The summed E-state index contributed by atoms with van der Waals surface area (Å²) in [5, 5.41) is 0. The number of thioether (sulfide) groups is 2. The SMILES string of the molecule is C=C1CCC2=CC3(CC[C@]12C)SCCS3. The van der Waals surface area contributed by atoms with Crippen molar-refractivity contribution in [1.82, 2.24) is 0 Å². The molecule has 0 amide bonds. The maximum absolute atomic E-state index is 4.27. The molecule has 0 bridgehead atoms. The molecule has 0 unspecified atom stereocenters. The van der Waals surface area contributed by atoms with Crippen LogP contribution in [0.2, 0.25) is 0 Å². The molecular weight excluding hydrogens is 220 g/mol. The Kier molecular flexibility index (Phi) is 2.30. The Labute approximate surface area is 101 Å². The highest BCUT2D eigenvalue weighted by molar-refractivity contribution is 8.21. The molecular formula is C13H18S2. The fourth-order valence-electron chi connectivity index (χ4n) is 3.09. The minimum absolute atomic E-state index is 0.370. The highest BCUT2D eigenvalue weighted by Gasteiger charge is 2.46. The first kappa shape index (κ1) is 10.3. The molecule has 2 aliphatic carbocycles. The molecule has 0 aromatic heterocycles. The van der Waals surface area contributed by atoms with Crippen molar-refractivity contribution in [2.45, 2.75) is 36.7 Å². The highest BCUT2D eigenvalue weighted by atomic mass is 32.2. The van der Waals surface area contributed by atoms with Crippen LogP contribution in [0.15, 0.2) is 23.8 Å². The Morgan fingerprint density at radius 1 is 1.20 bits per heavy atom. The van der Waals surface area contributed by atoms with Gasteiger partial charge in [0.05, 0.1) is 4.08 Å². The second-order valence-corrected chi connectivity index (χ2v) is 8.22. The van der Waals surface area contributed by atoms with Gasteiger partial charge in [0.15, 0.2) is 0 Å². The van der Waals surface area contributed by atoms with Gasteiger partial charge in [0.2, 0.25) is 0 Å². The van der Waals surface area contributed by atoms with Crippen molar-refractivity contribution in [2.75, 3.05) is 11.5 Å². The molecule has 1 saturated carbocycles. The van der Waals surface area contributed by atoms with E-state index < -0.39 is 0 Å². The zero-order chi connectivity index (χ0) is 10.5. The normalized spacial score (nSPS) is 38.2. The topological polar surface area (TPSA) is 0 Å². The molecule has 1 heterocycles. The van der Waals surface area contributed by atoms with E-state index in [0.29, 0.717) is 9.49 Å². The number of rotatable bonds is 0. The van der Waals surface area contributed by atoms with Gasteiger partial charge in [-0.05, 0) is 25.7 Å². The van der Waals surface area contributed by atoms with Gasteiger partial charge in [-0.2, -0.15) is 0 Å². The predicted molar refractivity (Wildman–Crippen MR) is 71.4 cm³/mol. The van der Waals surface area contributed by atoms with Crippen LogP contribution < -0.4 is 0 Å². The molecule has 15 heavy (non-hydrogen) atoms. The summed E-state index contributed by atoms with van der Waals surface area (Å²) in [4.78, 5) is 0. The lowest BCUT2D eigenvalue weighted by Crippen LogP contribution is -2.28. The Morgan fingerprint density at radius 2 is 1.93 bits per heavy atom. The van der Waals surface area contributed by atoms with Crippen molar-refractivity contribution in [2.24, 2.45) is 5.41 Å². The van der Waals surface area contributed by atoms with Gasteiger partial charge in [-0.3, -0.25) is 0 Å². The third-order valence-electron chi connectivity index (χ3n) is 4.33. The minimum atomic E-state index is 0.370. The monoisotopic (exact) mass is 238 g/mol. The van der Waals surface area contributed by atoms with Gasteiger partial charge in [0.1, 0.15) is 0 Å². The van der Waals surface area contributed by atoms with Gasteiger partial charge >= 0.3 is 0 Å². The zero-order valence-corrected chi connectivity index (χ0v) is 11.0. The number of hydrogen-bond acceptors (Lipinski definition) is 2. The quantitative estimate of drug-likeness (QED) is 0.579. The van der Waals surface area contributed by atoms with Crippen LogP contribution in [0, 0.1) is 5.41 Å². The number of hydrogen-bond donors (Lipinski definition) is 0. The molecule has 1 atom stereocenters. The van der Waals surface area contributed by atoms with E-state index >= 15 is 0 Å². The smallest absolute Gasteiger partial charge is 0.0795 e. The van der Waals surface area contributed by atoms with E-state index in [0.717, 1.165) is 0 Å². The third-order valence-corrected chi connectivity index (χ3v) is 7.73. The van der Waals surface area contributed by atoms with Crippen molar-refractivity contribution in [3.8, 4) is 0 Å². The molecule has 82 valence electrons. The summed E-state index contributed by atoms with van der Waals surface area (Å²) in [6.07, 6.45) is 7.79. The molecule has 0 aromatic carbocycles. The Hall–Kier alpha value is 0.180. The second kappa shape index (κ2) is 3.33. The number of allylic oxidation sites excluding steroid dienone is 2. The van der Waals surface area contributed by atoms with Gasteiger partial charge in [0, 0.05) is 16.9 Å². The highest BCUT2D eigenvalue weighted by Crippen LogP contribution is 2.60. The Balaban J connectivity index is 1.98. The van der Waals surface area contributed by atoms with Crippen LogP contribution in [0.3, 0.4) is 0 Å². The van der Waals surface area contributed by atoms with Crippen molar-refractivity contribution in [1.29, 1.82) is 0 Å². The molecule has 2 fully saturated rings. The fourth-order valence-corrected chi connectivity index (χ4v) is 6.23. The summed E-state index contributed by atoms with van der Waals surface area (Å²) in [7, 11) is 0. The summed E-state index contributed by atoms with van der Waals surface area (Å²) < 4.78 is 0.458. The lowest BCUT2D eigenvalue weighted by atomic mass is 9.74. The first-order chi connectivity index (χ1) is 7.15. The van der Waals surface area contributed by atoms with Crippen molar-refractivity contribution < 1.29 is 0 Å². The first-order valence-electron chi connectivity index (χ1n) is 5.83. The van der Waals surface area contributed by atoms with E-state index in [9.17, 15) is 0 Å². The van der Waals surface area contributed by atoms with Gasteiger partial charge in [-0.1, -0.05) is 30.7 Å². The molecule has 0 N–H and O–H groups in total. The van der Waals surface area contributed by atoms with Crippen molar-refractivity contribution in [3.05, 3.63) is 23.8 Å². The van der Waals surface area contributed by atoms with Gasteiger partial charge in [-0.25, -0.2) is 0 Å². The molecule has 3 rings (SSSR count). The average molecular weight is 238 g/mol. The van der Waals surface area contributed by atoms with Crippen LogP contribution in [0.1, 0.15) is 32.6 Å². The van der Waals surface area contributed by atoms with Gasteiger partial charge < -0.3 is 0 Å². The third kappa shape index (κ3) is 1.44. The average Bonchev–Trinajstić information content (AvgIpc) is 2.78. The lowest BCUT2D eigenvalue weighted by Gasteiger charge is -2.39. The largest absolute Gasteiger partial charge is 0.139 e. The molecule has 0 aromatic rings. The van der Waals surface area contributed by atoms with Crippen LogP contribution >= 0.6 is 23.5 Å². The molecule has 0 radical (unpaired) electrons. The zero-order valence-electron chi connectivity index (χ0n) is 9.34. The van der Waals surface area contributed by atoms with E-state index in [1.165, 1.54) is 42.8 Å². The molecule has 1 aliphatic heterocycles. The van der Waals surface area contributed by atoms with Gasteiger partial charge in [0.25, 0.3) is 0 Å². The summed E-state index contributed by atoms with van der Waals surface area (Å²) in [5.74, 6) is 2.68. The molecule has 1 spiro atoms. The fraction of sp³-hybridized carbons (Fsp3) is 0.692. The van der Waals surface area contributed by atoms with Crippen LogP contribution in [-0.2, 0) is 0 Å². The van der Waals surface area contributed by atoms with Crippen LogP contribution in [0.25, 0.3) is 0 Å². The van der Waals surface area contributed by atoms with Crippen LogP contribution in [-0.4, -0.2) is 15.6 Å². The van der Waals surface area contributed by atoms with E-state index in [4.69, 9.17) is 0 Å². The van der Waals surface area contributed by atoms with E-state index in [2.05, 4.69) is 43.1 Å². The molecule has 0 nitrogen and oxygen atoms in total. The maximum Gasteiger partial charge on any atom is 0.0795 e. The van der Waals surface area contributed by atoms with Crippen molar-refractivity contribution in [3.63, 3.8) is 0 Å². The predicted octanol–water partition coefficient (Wildman–Crippen LogP) is 4.24. The summed E-state index contributed by atoms with van der Waals surface area (Å²) in [6.45, 7) is 6.68. The molecule has 1 saturated heterocycles. The summed E-state index contributed by atoms with van der Waals surface area (Å²) >= 11 is 4.34. The van der Waals surface area contributed by atoms with E-state index in [1.807, 2.05) is 0 Å². The van der Waals surface area contributed by atoms with E-state index in [1.54, 1.807) is 5.57 Å². The first-order valence-corrected chi connectivity index (χ1v) is 7.80. The summed E-state index contributed by atoms with van der Waals surface area (Å²) in [6, 6.07) is 0. The second-order valence-electron chi connectivity index (χ2n) is 5.11. The Bertz CT molecular complexity index is 336. The molecule has 3 aliphatic rings. The van der Waals surface area contributed by atoms with Crippen LogP contribution in [0.5, 0.6) is 0 Å². The van der Waals surface area contributed by atoms with Gasteiger partial charge in [-0.15, -0.1) is 23.5 Å². The standard InChI is InChI=1S/C13H18S2/c1-10-3-4-11-9-13(14-7-8-15-13)6-5-12(10,11)2/h9H,1,3-8H2,2H3/t12-/m1/s1. The number of fused-ring (bicyclic) bond motifs is 1. The minimum Gasteiger partial charge on any atom is -0.139 e. The summed E-state index contributed by atoms with van der Waals surface area (Å²) in [5.41, 5.74) is 3.55.